The van der Waals surface area contributed by atoms with E-state index < -0.39 is 6.04 Å². The van der Waals surface area contributed by atoms with E-state index in [0.717, 1.165) is 17.7 Å². The van der Waals surface area contributed by atoms with Gasteiger partial charge in [0.1, 0.15) is 6.04 Å². The van der Waals surface area contributed by atoms with Gasteiger partial charge in [0, 0.05) is 5.69 Å². The molecule has 1 aliphatic rings. The number of rotatable bonds is 6. The van der Waals surface area contributed by atoms with Gasteiger partial charge in [-0.2, -0.15) is 0 Å². The van der Waals surface area contributed by atoms with Gasteiger partial charge in [0.25, 0.3) is 5.91 Å². The number of para-hydroxylation sites is 1. The monoisotopic (exact) mass is 336 g/mol. The van der Waals surface area contributed by atoms with E-state index in [1.807, 2.05) is 43.3 Å². The molecule has 25 heavy (non-hydrogen) atoms. The zero-order valence-corrected chi connectivity index (χ0v) is 14.8. The van der Waals surface area contributed by atoms with Gasteiger partial charge in [-0.15, -0.1) is 0 Å². The third-order valence-electron chi connectivity index (χ3n) is 4.62. The zero-order chi connectivity index (χ0) is 17.8. The Kier molecular flexibility index (Phi) is 5.17. The first kappa shape index (κ1) is 17.2. The summed E-state index contributed by atoms with van der Waals surface area (Å²) in [6.07, 6.45) is 3.60. The molecule has 2 amide bonds. The summed E-state index contributed by atoms with van der Waals surface area (Å²) in [5.41, 5.74) is 3.77. The number of imide groups is 1. The SMILES string of the molecule is CCCCc1ccc(NC2CC(=O)N(c3ccccc3C)C2=O)cc1. The molecule has 0 aromatic heterocycles. The third-order valence-corrected chi connectivity index (χ3v) is 4.62. The van der Waals surface area contributed by atoms with Crippen LogP contribution in [0.25, 0.3) is 0 Å². The molecular formula is C21H24N2O2. The van der Waals surface area contributed by atoms with Crippen LogP contribution in [0.4, 0.5) is 11.4 Å². The summed E-state index contributed by atoms with van der Waals surface area (Å²) in [5, 5.41) is 3.21. The van der Waals surface area contributed by atoms with Gasteiger partial charge in [0.2, 0.25) is 5.91 Å². The molecule has 0 bridgehead atoms. The van der Waals surface area contributed by atoms with Crippen LogP contribution in [0.5, 0.6) is 0 Å². The fourth-order valence-electron chi connectivity index (χ4n) is 3.16. The molecule has 1 N–H and O–H groups in total. The highest BCUT2D eigenvalue weighted by Crippen LogP contribution is 2.27. The molecule has 0 aliphatic carbocycles. The van der Waals surface area contributed by atoms with Crippen molar-refractivity contribution in [1.82, 2.24) is 0 Å². The van der Waals surface area contributed by atoms with Crippen LogP contribution >= 0.6 is 0 Å². The lowest BCUT2D eigenvalue weighted by atomic mass is 10.1. The van der Waals surface area contributed by atoms with Gasteiger partial charge < -0.3 is 5.32 Å². The van der Waals surface area contributed by atoms with Crippen LogP contribution in [0.1, 0.15) is 37.3 Å². The lowest BCUT2D eigenvalue weighted by molar-refractivity contribution is -0.121. The standard InChI is InChI=1S/C21H24N2O2/c1-3-4-8-16-10-12-17(13-11-16)22-18-14-20(24)23(21(18)25)19-9-6-5-7-15(19)2/h5-7,9-13,18,22H,3-4,8,14H2,1-2H3. The molecule has 0 saturated carbocycles. The average Bonchev–Trinajstić information content (AvgIpc) is 2.89. The first-order chi connectivity index (χ1) is 12.1. The minimum absolute atomic E-state index is 0.156. The first-order valence-corrected chi connectivity index (χ1v) is 8.88. The summed E-state index contributed by atoms with van der Waals surface area (Å²) in [7, 11) is 0. The van der Waals surface area contributed by atoms with E-state index in [0.29, 0.717) is 5.69 Å². The van der Waals surface area contributed by atoms with Crippen molar-refractivity contribution in [1.29, 1.82) is 0 Å². The first-order valence-electron chi connectivity index (χ1n) is 8.88. The minimum Gasteiger partial charge on any atom is -0.373 e. The van der Waals surface area contributed by atoms with Gasteiger partial charge in [-0.25, -0.2) is 4.90 Å². The number of carbonyl (C=O) groups is 2. The second-order valence-corrected chi connectivity index (χ2v) is 6.56. The molecule has 0 radical (unpaired) electrons. The predicted octanol–water partition coefficient (Wildman–Crippen LogP) is 4.08. The van der Waals surface area contributed by atoms with Crippen molar-refractivity contribution < 1.29 is 9.59 Å². The quantitative estimate of drug-likeness (QED) is 0.809. The fraction of sp³-hybridized carbons (Fsp3) is 0.333. The summed E-state index contributed by atoms with van der Waals surface area (Å²) in [5.74, 6) is -0.342. The maximum atomic E-state index is 12.7. The second kappa shape index (κ2) is 7.51. The van der Waals surface area contributed by atoms with Crippen molar-refractivity contribution >= 4 is 23.2 Å². The number of benzene rings is 2. The van der Waals surface area contributed by atoms with Gasteiger partial charge in [0.05, 0.1) is 12.1 Å². The van der Waals surface area contributed by atoms with Crippen LogP contribution in [-0.4, -0.2) is 17.9 Å². The lowest BCUT2D eigenvalue weighted by Gasteiger charge is -2.18. The highest BCUT2D eigenvalue weighted by Gasteiger charge is 2.39. The molecule has 130 valence electrons. The van der Waals surface area contributed by atoms with Crippen molar-refractivity contribution in [3.8, 4) is 0 Å². The number of nitrogens with zero attached hydrogens (tertiary/aromatic N) is 1. The van der Waals surface area contributed by atoms with Crippen molar-refractivity contribution in [2.24, 2.45) is 0 Å². The molecule has 2 aromatic carbocycles. The molecular weight excluding hydrogens is 312 g/mol. The van der Waals surface area contributed by atoms with Crippen LogP contribution in [-0.2, 0) is 16.0 Å². The Morgan fingerprint density at radius 2 is 1.80 bits per heavy atom. The maximum Gasteiger partial charge on any atom is 0.256 e. The van der Waals surface area contributed by atoms with Crippen LogP contribution in [0, 0.1) is 6.92 Å². The Labute approximate surface area is 148 Å². The van der Waals surface area contributed by atoms with Crippen molar-refractivity contribution in [2.45, 2.75) is 45.6 Å². The number of carbonyl (C=O) groups excluding carboxylic acids is 2. The Bertz CT molecular complexity index is 768. The van der Waals surface area contributed by atoms with Gasteiger partial charge in [-0.1, -0.05) is 43.7 Å². The molecule has 4 heteroatoms. The Morgan fingerprint density at radius 3 is 2.48 bits per heavy atom. The zero-order valence-electron chi connectivity index (χ0n) is 14.8. The predicted molar refractivity (Wildman–Crippen MR) is 101 cm³/mol. The summed E-state index contributed by atoms with van der Waals surface area (Å²) >= 11 is 0. The van der Waals surface area contributed by atoms with Crippen LogP contribution in [0.3, 0.4) is 0 Å². The second-order valence-electron chi connectivity index (χ2n) is 6.56. The fourth-order valence-corrected chi connectivity index (χ4v) is 3.16. The van der Waals surface area contributed by atoms with Crippen LogP contribution in [0.15, 0.2) is 48.5 Å². The van der Waals surface area contributed by atoms with Gasteiger partial charge >= 0.3 is 0 Å². The Morgan fingerprint density at radius 1 is 1.08 bits per heavy atom. The van der Waals surface area contributed by atoms with E-state index in [4.69, 9.17) is 0 Å². The molecule has 4 nitrogen and oxygen atoms in total. The third kappa shape index (κ3) is 3.73. The van der Waals surface area contributed by atoms with Crippen molar-refractivity contribution in [3.63, 3.8) is 0 Å². The molecule has 1 aliphatic heterocycles. The van der Waals surface area contributed by atoms with Crippen molar-refractivity contribution in [2.75, 3.05) is 10.2 Å². The number of nitrogens with one attached hydrogen (secondary N) is 1. The number of aryl methyl sites for hydroxylation is 2. The van der Waals surface area contributed by atoms with Gasteiger partial charge in [0.15, 0.2) is 0 Å². The van der Waals surface area contributed by atoms with Gasteiger partial charge in [-0.05, 0) is 49.1 Å². The number of hydrogen-bond acceptors (Lipinski definition) is 3. The number of anilines is 2. The Hall–Kier alpha value is -2.62. The largest absolute Gasteiger partial charge is 0.373 e. The smallest absolute Gasteiger partial charge is 0.256 e. The highest BCUT2D eigenvalue weighted by molar-refractivity contribution is 6.23. The van der Waals surface area contributed by atoms with E-state index in [-0.39, 0.29) is 18.2 Å². The van der Waals surface area contributed by atoms with E-state index in [9.17, 15) is 9.59 Å². The van der Waals surface area contributed by atoms with E-state index in [1.54, 1.807) is 0 Å². The Balaban J connectivity index is 1.71. The normalized spacial score (nSPS) is 17.2. The average molecular weight is 336 g/mol. The summed E-state index contributed by atoms with van der Waals surface area (Å²) in [6, 6.07) is 15.1. The molecule has 1 fully saturated rings. The molecule has 1 atom stereocenters. The molecule has 0 spiro atoms. The highest BCUT2D eigenvalue weighted by atomic mass is 16.2. The maximum absolute atomic E-state index is 12.7. The van der Waals surface area contributed by atoms with E-state index in [2.05, 4.69) is 24.4 Å². The number of hydrogen-bond donors (Lipinski definition) is 1. The molecule has 1 heterocycles. The summed E-state index contributed by atoms with van der Waals surface area (Å²) in [6.45, 7) is 4.09. The number of unbranched alkanes of at least 4 members (excludes halogenated alkanes) is 1. The van der Waals surface area contributed by atoms with Crippen molar-refractivity contribution in [3.05, 3.63) is 59.7 Å². The summed E-state index contributed by atoms with van der Waals surface area (Å²) in [4.78, 5) is 26.4. The molecule has 2 aromatic rings. The minimum atomic E-state index is -0.506. The molecule has 1 unspecified atom stereocenters. The van der Waals surface area contributed by atoms with E-state index >= 15 is 0 Å². The van der Waals surface area contributed by atoms with Crippen LogP contribution in [0.2, 0.25) is 0 Å². The lowest BCUT2D eigenvalue weighted by Crippen LogP contribution is -2.35. The molecule has 3 rings (SSSR count). The van der Waals surface area contributed by atoms with Crippen LogP contribution < -0.4 is 10.2 Å². The topological polar surface area (TPSA) is 49.4 Å². The van der Waals surface area contributed by atoms with Gasteiger partial charge in [-0.3, -0.25) is 9.59 Å². The summed E-state index contributed by atoms with van der Waals surface area (Å²) < 4.78 is 0. The van der Waals surface area contributed by atoms with E-state index in [1.165, 1.54) is 23.3 Å². The number of amides is 2. The molecule has 1 saturated heterocycles.